The van der Waals surface area contributed by atoms with Gasteiger partial charge in [0.05, 0.1) is 0 Å². The second-order valence-electron chi connectivity index (χ2n) is 5.28. The molecule has 1 aromatic rings. The van der Waals surface area contributed by atoms with Crippen LogP contribution in [0.5, 0.6) is 0 Å². The van der Waals surface area contributed by atoms with Gasteiger partial charge in [-0.2, -0.15) is 0 Å². The minimum Gasteiger partial charge on any atom is -0.480 e. The average Bonchev–Trinajstić information content (AvgIpc) is 2.45. The van der Waals surface area contributed by atoms with Gasteiger partial charge in [-0.25, -0.2) is 0 Å². The van der Waals surface area contributed by atoms with Crippen molar-refractivity contribution >= 4 is 5.97 Å². The average molecular weight is 261 g/mol. The number of carbonyl (C=O) groups is 1. The summed E-state index contributed by atoms with van der Waals surface area (Å²) in [5, 5.41) is 9.51. The Morgan fingerprint density at radius 3 is 2.42 bits per heavy atom. The number of likely N-dealkylation sites (tertiary alicyclic amines) is 1. The molecule has 0 aliphatic carbocycles. The molecule has 0 spiro atoms. The molecule has 1 N–H and O–H groups in total. The Labute approximate surface area is 115 Å². The molecule has 0 aromatic heterocycles. The van der Waals surface area contributed by atoms with Crippen LogP contribution in [0.3, 0.4) is 0 Å². The highest BCUT2D eigenvalue weighted by Crippen LogP contribution is 2.18. The molecule has 1 saturated heterocycles. The van der Waals surface area contributed by atoms with Crippen LogP contribution in [0.15, 0.2) is 24.3 Å². The molecule has 1 aliphatic heterocycles. The number of carboxylic acids is 1. The van der Waals surface area contributed by atoms with Crippen molar-refractivity contribution in [3.63, 3.8) is 0 Å². The molecule has 1 aliphatic rings. The van der Waals surface area contributed by atoms with Gasteiger partial charge in [0, 0.05) is 0 Å². The number of piperidine rings is 1. The molecule has 1 aromatic carbocycles. The third kappa shape index (κ3) is 3.57. The lowest BCUT2D eigenvalue weighted by Crippen LogP contribution is -2.45. The molecule has 0 unspecified atom stereocenters. The first-order valence-corrected chi connectivity index (χ1v) is 7.26. The van der Waals surface area contributed by atoms with Crippen molar-refractivity contribution in [1.82, 2.24) is 4.90 Å². The van der Waals surface area contributed by atoms with Gasteiger partial charge in [-0.3, -0.25) is 9.69 Å². The molecular formula is C16H23NO2. The van der Waals surface area contributed by atoms with Gasteiger partial charge >= 0.3 is 5.97 Å². The quantitative estimate of drug-likeness (QED) is 0.886. The maximum atomic E-state index is 11.6. The zero-order chi connectivity index (χ0) is 13.7. The van der Waals surface area contributed by atoms with Crippen molar-refractivity contribution in [3.8, 4) is 0 Å². The zero-order valence-electron chi connectivity index (χ0n) is 11.6. The van der Waals surface area contributed by atoms with Crippen LogP contribution in [0, 0.1) is 0 Å². The van der Waals surface area contributed by atoms with Crippen LogP contribution in [0.2, 0.25) is 0 Å². The third-order valence-corrected chi connectivity index (χ3v) is 4.03. The number of aryl methyl sites for hydroxylation is 1. The molecule has 1 fully saturated rings. The van der Waals surface area contributed by atoms with E-state index in [9.17, 15) is 9.90 Å². The van der Waals surface area contributed by atoms with E-state index >= 15 is 0 Å². The summed E-state index contributed by atoms with van der Waals surface area (Å²) < 4.78 is 0. The Morgan fingerprint density at radius 1 is 1.21 bits per heavy atom. The Morgan fingerprint density at radius 2 is 1.84 bits per heavy atom. The number of nitrogens with zero attached hydrogens (tertiary/aromatic N) is 1. The van der Waals surface area contributed by atoms with E-state index in [1.807, 2.05) is 12.1 Å². The molecule has 19 heavy (non-hydrogen) atoms. The van der Waals surface area contributed by atoms with Crippen LogP contribution in [-0.4, -0.2) is 35.1 Å². The van der Waals surface area contributed by atoms with Gasteiger partial charge in [0.25, 0.3) is 0 Å². The van der Waals surface area contributed by atoms with Crippen molar-refractivity contribution in [1.29, 1.82) is 0 Å². The van der Waals surface area contributed by atoms with Gasteiger partial charge in [-0.15, -0.1) is 0 Å². The van der Waals surface area contributed by atoms with E-state index in [4.69, 9.17) is 0 Å². The number of rotatable bonds is 5. The Kier molecular flexibility index (Phi) is 4.97. The number of carboxylic acid groups (broad SMARTS) is 1. The highest BCUT2D eigenvalue weighted by molar-refractivity contribution is 5.74. The van der Waals surface area contributed by atoms with Crippen LogP contribution in [-0.2, 0) is 17.6 Å². The number of aliphatic carboxylic acids is 1. The highest BCUT2D eigenvalue weighted by atomic mass is 16.4. The van der Waals surface area contributed by atoms with Gasteiger partial charge in [0.2, 0.25) is 0 Å². The number of hydrogen-bond donors (Lipinski definition) is 1. The van der Waals surface area contributed by atoms with Crippen LogP contribution in [0.4, 0.5) is 0 Å². The summed E-state index contributed by atoms with van der Waals surface area (Å²) in [6.45, 7) is 3.96. The van der Waals surface area contributed by atoms with E-state index in [1.54, 1.807) is 0 Å². The normalized spacial score (nSPS) is 18.2. The van der Waals surface area contributed by atoms with Gasteiger partial charge in [0.15, 0.2) is 0 Å². The van der Waals surface area contributed by atoms with Gasteiger partial charge < -0.3 is 5.11 Å². The lowest BCUT2D eigenvalue weighted by molar-refractivity contribution is -0.143. The second kappa shape index (κ2) is 6.71. The molecule has 1 atom stereocenters. The van der Waals surface area contributed by atoms with Crippen molar-refractivity contribution in [2.75, 3.05) is 13.1 Å². The van der Waals surface area contributed by atoms with E-state index in [-0.39, 0.29) is 6.04 Å². The summed E-state index contributed by atoms with van der Waals surface area (Å²) in [6, 6.07) is 7.83. The predicted molar refractivity (Wildman–Crippen MR) is 76.4 cm³/mol. The molecule has 1 heterocycles. The van der Waals surface area contributed by atoms with E-state index in [1.165, 1.54) is 17.5 Å². The van der Waals surface area contributed by atoms with E-state index in [2.05, 4.69) is 24.0 Å². The third-order valence-electron chi connectivity index (χ3n) is 4.03. The molecular weight excluding hydrogens is 238 g/mol. The Balaban J connectivity index is 2.13. The number of benzene rings is 1. The van der Waals surface area contributed by atoms with E-state index in [0.717, 1.165) is 32.4 Å². The smallest absolute Gasteiger partial charge is 0.321 e. The maximum absolute atomic E-state index is 11.6. The number of hydrogen-bond acceptors (Lipinski definition) is 2. The summed E-state index contributed by atoms with van der Waals surface area (Å²) in [5.41, 5.74) is 2.45. The SMILES string of the molecule is CCc1ccccc1C[C@H](C(=O)O)N1CCCCC1. The van der Waals surface area contributed by atoms with E-state index < -0.39 is 5.97 Å². The first-order valence-electron chi connectivity index (χ1n) is 7.26. The first kappa shape index (κ1) is 14.1. The van der Waals surface area contributed by atoms with Crippen molar-refractivity contribution < 1.29 is 9.90 Å². The summed E-state index contributed by atoms with van der Waals surface area (Å²) in [6.07, 6.45) is 5.06. The molecule has 0 amide bonds. The molecule has 0 bridgehead atoms. The van der Waals surface area contributed by atoms with Crippen LogP contribution >= 0.6 is 0 Å². The standard InChI is InChI=1S/C16H23NO2/c1-2-13-8-4-5-9-14(13)12-15(16(18)19)17-10-6-3-7-11-17/h4-5,8-9,15H,2-3,6-7,10-12H2,1H3,(H,18,19)/t15-/m1/s1. The summed E-state index contributed by atoms with van der Waals surface area (Å²) >= 11 is 0. The van der Waals surface area contributed by atoms with Crippen molar-refractivity contribution in [2.45, 2.75) is 45.1 Å². The molecule has 0 saturated carbocycles. The largest absolute Gasteiger partial charge is 0.480 e. The molecule has 0 radical (unpaired) electrons. The fourth-order valence-electron chi connectivity index (χ4n) is 2.91. The highest BCUT2D eigenvalue weighted by Gasteiger charge is 2.27. The van der Waals surface area contributed by atoms with Crippen LogP contribution < -0.4 is 0 Å². The maximum Gasteiger partial charge on any atom is 0.321 e. The van der Waals surface area contributed by atoms with Crippen molar-refractivity contribution in [3.05, 3.63) is 35.4 Å². The minimum atomic E-state index is -0.687. The fraction of sp³-hybridized carbons (Fsp3) is 0.562. The topological polar surface area (TPSA) is 40.5 Å². The first-order chi connectivity index (χ1) is 9.22. The van der Waals surface area contributed by atoms with Crippen molar-refractivity contribution in [2.24, 2.45) is 0 Å². The minimum absolute atomic E-state index is 0.368. The Bertz CT molecular complexity index is 425. The van der Waals surface area contributed by atoms with E-state index in [0.29, 0.717) is 6.42 Å². The predicted octanol–water partition coefficient (Wildman–Crippen LogP) is 2.73. The summed E-state index contributed by atoms with van der Waals surface area (Å²) in [7, 11) is 0. The van der Waals surface area contributed by atoms with Crippen LogP contribution in [0.25, 0.3) is 0 Å². The Hall–Kier alpha value is -1.35. The molecule has 3 nitrogen and oxygen atoms in total. The zero-order valence-corrected chi connectivity index (χ0v) is 11.6. The fourth-order valence-corrected chi connectivity index (χ4v) is 2.91. The lowest BCUT2D eigenvalue weighted by Gasteiger charge is -2.32. The summed E-state index contributed by atoms with van der Waals surface area (Å²) in [4.78, 5) is 13.7. The van der Waals surface area contributed by atoms with Crippen LogP contribution in [0.1, 0.15) is 37.3 Å². The van der Waals surface area contributed by atoms with Gasteiger partial charge in [-0.1, -0.05) is 37.6 Å². The second-order valence-corrected chi connectivity index (χ2v) is 5.28. The lowest BCUT2D eigenvalue weighted by atomic mass is 9.96. The molecule has 3 heteroatoms. The van der Waals surface area contributed by atoms with Gasteiger partial charge in [-0.05, 0) is 49.9 Å². The summed E-state index contributed by atoms with van der Waals surface area (Å²) in [5.74, 6) is -0.687. The monoisotopic (exact) mass is 261 g/mol. The molecule has 104 valence electrons. The van der Waals surface area contributed by atoms with Gasteiger partial charge in [0.1, 0.15) is 6.04 Å². The molecule has 2 rings (SSSR count).